The average molecular weight is 485 g/mol. The van der Waals surface area contributed by atoms with Crippen molar-refractivity contribution in [3.63, 3.8) is 0 Å². The Bertz CT molecular complexity index is 1570. The molecule has 7 heteroatoms. The van der Waals surface area contributed by atoms with E-state index in [-0.39, 0.29) is 5.91 Å². The molecule has 1 aromatic heterocycles. The van der Waals surface area contributed by atoms with Crippen LogP contribution in [0.1, 0.15) is 10.4 Å². The SMILES string of the molecule is COc1cc2nccc(Oc3ccc4cc(NC(=O)c5ccccc5Cl)ccc4c3)c2cc1OC. The number of carbonyl (C=O) groups is 1. The van der Waals surface area contributed by atoms with E-state index in [1.54, 1.807) is 44.7 Å². The van der Waals surface area contributed by atoms with Gasteiger partial charge < -0.3 is 19.5 Å². The van der Waals surface area contributed by atoms with E-state index in [0.717, 1.165) is 21.7 Å². The number of nitrogens with zero attached hydrogens (tertiary/aromatic N) is 1. The molecule has 0 aliphatic carbocycles. The number of hydrogen-bond donors (Lipinski definition) is 1. The maximum Gasteiger partial charge on any atom is 0.257 e. The number of halogens is 1. The molecule has 0 saturated heterocycles. The van der Waals surface area contributed by atoms with Gasteiger partial charge in [0.05, 0.1) is 30.3 Å². The molecule has 0 atom stereocenters. The highest BCUT2D eigenvalue weighted by atomic mass is 35.5. The number of aromatic nitrogens is 1. The van der Waals surface area contributed by atoms with Crippen molar-refractivity contribution >= 4 is 44.9 Å². The fourth-order valence-electron chi connectivity index (χ4n) is 3.87. The number of rotatable bonds is 6. The van der Waals surface area contributed by atoms with Crippen LogP contribution in [-0.4, -0.2) is 25.1 Å². The lowest BCUT2D eigenvalue weighted by molar-refractivity contribution is 0.102. The molecule has 35 heavy (non-hydrogen) atoms. The third-order valence-electron chi connectivity index (χ3n) is 5.62. The molecule has 0 aliphatic heterocycles. The smallest absolute Gasteiger partial charge is 0.257 e. The van der Waals surface area contributed by atoms with Crippen LogP contribution in [0.5, 0.6) is 23.0 Å². The van der Waals surface area contributed by atoms with E-state index in [2.05, 4.69) is 10.3 Å². The fourth-order valence-corrected chi connectivity index (χ4v) is 4.09. The standard InChI is InChI=1S/C28H21ClN2O4/c1-33-26-15-22-24(16-27(26)34-2)30-12-11-25(22)35-20-10-8-17-13-19(9-7-18(17)14-20)31-28(32)21-5-3-4-6-23(21)29/h3-16H,1-2H3,(H,31,32). The van der Waals surface area contributed by atoms with Crippen molar-refractivity contribution in [2.24, 2.45) is 0 Å². The molecule has 5 rings (SSSR count). The van der Waals surface area contributed by atoms with Crippen molar-refractivity contribution in [1.29, 1.82) is 0 Å². The highest BCUT2D eigenvalue weighted by Gasteiger charge is 2.13. The molecule has 1 amide bonds. The maximum atomic E-state index is 12.6. The summed E-state index contributed by atoms with van der Waals surface area (Å²) < 4.78 is 17.0. The van der Waals surface area contributed by atoms with Crippen molar-refractivity contribution in [3.05, 3.63) is 95.6 Å². The first-order valence-electron chi connectivity index (χ1n) is 10.8. The first kappa shape index (κ1) is 22.5. The van der Waals surface area contributed by atoms with Gasteiger partial charge in [0, 0.05) is 23.3 Å². The van der Waals surface area contributed by atoms with Crippen molar-refractivity contribution in [3.8, 4) is 23.0 Å². The number of hydrogen-bond acceptors (Lipinski definition) is 5. The lowest BCUT2D eigenvalue weighted by Crippen LogP contribution is -2.12. The minimum Gasteiger partial charge on any atom is -0.493 e. The van der Waals surface area contributed by atoms with Gasteiger partial charge in [-0.3, -0.25) is 9.78 Å². The number of fused-ring (bicyclic) bond motifs is 2. The van der Waals surface area contributed by atoms with Crippen LogP contribution in [0.15, 0.2) is 85.1 Å². The van der Waals surface area contributed by atoms with Gasteiger partial charge in [0.2, 0.25) is 0 Å². The molecular formula is C28H21ClN2O4. The quantitative estimate of drug-likeness (QED) is 0.278. The molecule has 0 bridgehead atoms. The van der Waals surface area contributed by atoms with Gasteiger partial charge in [0.1, 0.15) is 11.5 Å². The minimum absolute atomic E-state index is 0.258. The third kappa shape index (κ3) is 4.56. The Hall–Kier alpha value is -4.29. The Morgan fingerprint density at radius 2 is 1.57 bits per heavy atom. The van der Waals surface area contributed by atoms with Gasteiger partial charge in [0.25, 0.3) is 5.91 Å². The number of anilines is 1. The fraction of sp³-hybridized carbons (Fsp3) is 0.0714. The third-order valence-corrected chi connectivity index (χ3v) is 5.95. The van der Waals surface area contributed by atoms with E-state index in [1.165, 1.54) is 0 Å². The number of benzene rings is 4. The Morgan fingerprint density at radius 1 is 0.829 bits per heavy atom. The number of pyridine rings is 1. The van der Waals surface area contributed by atoms with Gasteiger partial charge in [-0.05, 0) is 59.3 Å². The summed E-state index contributed by atoms with van der Waals surface area (Å²) in [5.41, 5.74) is 1.84. The van der Waals surface area contributed by atoms with Crippen LogP contribution in [0.2, 0.25) is 5.02 Å². The monoisotopic (exact) mass is 484 g/mol. The summed E-state index contributed by atoms with van der Waals surface area (Å²) in [6.07, 6.45) is 1.69. The van der Waals surface area contributed by atoms with E-state index in [0.29, 0.717) is 39.3 Å². The van der Waals surface area contributed by atoms with Crippen LogP contribution in [0.3, 0.4) is 0 Å². The molecule has 0 saturated carbocycles. The molecule has 0 fully saturated rings. The Kier molecular flexibility index (Phi) is 6.12. The normalized spacial score (nSPS) is 10.8. The topological polar surface area (TPSA) is 69.7 Å². The zero-order valence-corrected chi connectivity index (χ0v) is 19.8. The molecule has 1 N–H and O–H groups in total. The molecule has 4 aromatic carbocycles. The number of amides is 1. The maximum absolute atomic E-state index is 12.6. The lowest BCUT2D eigenvalue weighted by Gasteiger charge is -2.13. The van der Waals surface area contributed by atoms with Crippen LogP contribution in [0.25, 0.3) is 21.7 Å². The van der Waals surface area contributed by atoms with Crippen molar-refractivity contribution in [2.45, 2.75) is 0 Å². The molecule has 0 unspecified atom stereocenters. The molecular weight excluding hydrogens is 464 g/mol. The van der Waals surface area contributed by atoms with E-state index >= 15 is 0 Å². The van der Waals surface area contributed by atoms with E-state index in [1.807, 2.05) is 54.6 Å². The molecule has 5 aromatic rings. The van der Waals surface area contributed by atoms with Crippen LogP contribution in [0.4, 0.5) is 5.69 Å². The summed E-state index contributed by atoms with van der Waals surface area (Å²) in [6, 6.07) is 23.9. The molecule has 0 radical (unpaired) electrons. The van der Waals surface area contributed by atoms with Crippen LogP contribution >= 0.6 is 11.6 Å². The van der Waals surface area contributed by atoms with Crippen molar-refractivity contribution in [1.82, 2.24) is 4.98 Å². The molecule has 6 nitrogen and oxygen atoms in total. The Balaban J connectivity index is 1.41. The molecule has 0 spiro atoms. The van der Waals surface area contributed by atoms with Crippen LogP contribution in [-0.2, 0) is 0 Å². The predicted octanol–water partition coefficient (Wildman–Crippen LogP) is 7.10. The first-order chi connectivity index (χ1) is 17.1. The number of nitrogens with one attached hydrogen (secondary N) is 1. The van der Waals surface area contributed by atoms with Crippen molar-refractivity contribution < 1.29 is 19.0 Å². The Labute approximate surface area is 207 Å². The highest BCUT2D eigenvalue weighted by molar-refractivity contribution is 6.34. The summed E-state index contributed by atoms with van der Waals surface area (Å²) in [7, 11) is 3.18. The van der Waals surface area contributed by atoms with Crippen molar-refractivity contribution in [2.75, 3.05) is 19.5 Å². The summed E-state index contributed by atoms with van der Waals surface area (Å²) >= 11 is 6.14. The number of methoxy groups -OCH3 is 2. The largest absolute Gasteiger partial charge is 0.493 e. The second-order valence-electron chi connectivity index (χ2n) is 7.79. The van der Waals surface area contributed by atoms with Crippen LogP contribution < -0.4 is 19.5 Å². The summed E-state index contributed by atoms with van der Waals surface area (Å²) in [4.78, 5) is 17.0. The summed E-state index contributed by atoms with van der Waals surface area (Å²) in [5, 5.41) is 6.05. The average Bonchev–Trinajstić information content (AvgIpc) is 2.88. The van der Waals surface area contributed by atoms with E-state index in [9.17, 15) is 4.79 Å². The number of ether oxygens (including phenoxy) is 3. The molecule has 1 heterocycles. The van der Waals surface area contributed by atoms with Crippen LogP contribution in [0, 0.1) is 0 Å². The first-order valence-corrected chi connectivity index (χ1v) is 11.2. The molecule has 174 valence electrons. The van der Waals surface area contributed by atoms with Gasteiger partial charge in [-0.1, -0.05) is 35.9 Å². The summed E-state index contributed by atoms with van der Waals surface area (Å²) in [5.74, 6) is 2.27. The lowest BCUT2D eigenvalue weighted by atomic mass is 10.1. The van der Waals surface area contributed by atoms with E-state index < -0.39 is 0 Å². The van der Waals surface area contributed by atoms with Gasteiger partial charge in [-0.25, -0.2) is 0 Å². The van der Waals surface area contributed by atoms with Gasteiger partial charge in [-0.15, -0.1) is 0 Å². The second-order valence-corrected chi connectivity index (χ2v) is 8.20. The second kappa shape index (κ2) is 9.52. The van der Waals surface area contributed by atoms with Gasteiger partial charge >= 0.3 is 0 Å². The van der Waals surface area contributed by atoms with E-state index in [4.69, 9.17) is 25.8 Å². The minimum atomic E-state index is -0.258. The van der Waals surface area contributed by atoms with Gasteiger partial charge in [0.15, 0.2) is 11.5 Å². The predicted molar refractivity (Wildman–Crippen MR) is 138 cm³/mol. The number of carbonyl (C=O) groups excluding carboxylic acids is 1. The zero-order chi connectivity index (χ0) is 24.4. The highest BCUT2D eigenvalue weighted by Crippen LogP contribution is 2.37. The zero-order valence-electron chi connectivity index (χ0n) is 19.0. The molecule has 0 aliphatic rings. The summed E-state index contributed by atoms with van der Waals surface area (Å²) in [6.45, 7) is 0. The Morgan fingerprint density at radius 3 is 2.37 bits per heavy atom. The van der Waals surface area contributed by atoms with Gasteiger partial charge in [-0.2, -0.15) is 0 Å².